The molecule has 0 aliphatic carbocycles. The van der Waals surface area contributed by atoms with Crippen LogP contribution in [0.3, 0.4) is 0 Å². The van der Waals surface area contributed by atoms with E-state index in [2.05, 4.69) is 0 Å². The molecule has 0 unspecified atom stereocenters. The number of phenols is 1. The average molecular weight is 439 g/mol. The van der Waals surface area contributed by atoms with Crippen LogP contribution < -0.4 is 9.64 Å². The van der Waals surface area contributed by atoms with Gasteiger partial charge >= 0.3 is 5.97 Å². The summed E-state index contributed by atoms with van der Waals surface area (Å²) in [7, 11) is 2.99. The van der Waals surface area contributed by atoms with E-state index >= 15 is 0 Å². The van der Waals surface area contributed by atoms with E-state index < -0.39 is 23.8 Å². The van der Waals surface area contributed by atoms with Crippen LogP contribution in [0.4, 0.5) is 5.95 Å². The second kappa shape index (κ2) is 8.88. The van der Waals surface area contributed by atoms with E-state index in [0.29, 0.717) is 17.0 Å². The minimum Gasteiger partial charge on any atom is -0.504 e. The lowest BCUT2D eigenvalue weighted by Crippen LogP contribution is -2.51. The van der Waals surface area contributed by atoms with E-state index in [1.54, 1.807) is 26.2 Å². The Kier molecular flexibility index (Phi) is 6.00. The van der Waals surface area contributed by atoms with Gasteiger partial charge in [0.25, 0.3) is 0 Å². The Bertz CT molecular complexity index is 1160. The van der Waals surface area contributed by atoms with Gasteiger partial charge in [0, 0.05) is 7.11 Å². The van der Waals surface area contributed by atoms with Crippen molar-refractivity contribution in [2.75, 3.05) is 38.9 Å². The number of fused-ring (bicyclic) bond motifs is 3. The Morgan fingerprint density at radius 3 is 2.69 bits per heavy atom. The maximum atomic E-state index is 13.6. The number of hydrogen-bond donors (Lipinski definition) is 1. The predicted molar refractivity (Wildman–Crippen MR) is 117 cm³/mol. The Morgan fingerprint density at radius 2 is 1.97 bits per heavy atom. The Morgan fingerprint density at radius 1 is 1.19 bits per heavy atom. The van der Waals surface area contributed by atoms with Gasteiger partial charge in [-0.05, 0) is 36.8 Å². The van der Waals surface area contributed by atoms with Crippen LogP contribution in [0.5, 0.6) is 11.5 Å². The zero-order valence-electron chi connectivity index (χ0n) is 18.1. The van der Waals surface area contributed by atoms with Crippen molar-refractivity contribution in [3.05, 3.63) is 48.0 Å². The largest absolute Gasteiger partial charge is 0.504 e. The van der Waals surface area contributed by atoms with Crippen LogP contribution >= 0.6 is 0 Å². The molecule has 1 amide bonds. The van der Waals surface area contributed by atoms with Crippen molar-refractivity contribution in [1.29, 1.82) is 0 Å². The van der Waals surface area contributed by atoms with E-state index in [0.717, 1.165) is 5.52 Å². The Labute approximate surface area is 185 Å². The van der Waals surface area contributed by atoms with Crippen LogP contribution in [-0.4, -0.2) is 60.5 Å². The third-order valence-electron chi connectivity index (χ3n) is 5.55. The normalized spacial score (nSPS) is 18.0. The molecule has 2 atom stereocenters. The number of nitrogens with zero attached hydrogens (tertiary/aromatic N) is 3. The summed E-state index contributed by atoms with van der Waals surface area (Å²) in [5.41, 5.74) is 2.07. The molecule has 0 saturated carbocycles. The van der Waals surface area contributed by atoms with Crippen LogP contribution in [0.2, 0.25) is 0 Å². The van der Waals surface area contributed by atoms with Crippen molar-refractivity contribution >= 4 is 28.9 Å². The van der Waals surface area contributed by atoms with Gasteiger partial charge < -0.3 is 23.9 Å². The third kappa shape index (κ3) is 3.54. The fourth-order valence-electron chi connectivity index (χ4n) is 4.12. The van der Waals surface area contributed by atoms with Crippen LogP contribution in [0.15, 0.2) is 42.5 Å². The van der Waals surface area contributed by atoms with Crippen molar-refractivity contribution in [2.24, 2.45) is 5.92 Å². The van der Waals surface area contributed by atoms with Gasteiger partial charge in [-0.25, -0.2) is 4.98 Å². The number of phenolic OH excluding ortho intramolecular Hbond substituents is 1. The van der Waals surface area contributed by atoms with Gasteiger partial charge in [0.15, 0.2) is 17.4 Å². The van der Waals surface area contributed by atoms with Crippen LogP contribution in [0.25, 0.3) is 11.0 Å². The van der Waals surface area contributed by atoms with Crippen molar-refractivity contribution in [2.45, 2.75) is 13.0 Å². The average Bonchev–Trinajstić information content (AvgIpc) is 3.17. The van der Waals surface area contributed by atoms with E-state index in [4.69, 9.17) is 19.2 Å². The highest BCUT2D eigenvalue weighted by molar-refractivity contribution is 6.08. The molecule has 1 N–H and O–H groups in total. The first-order chi connectivity index (χ1) is 15.5. The number of ether oxygens (including phenoxy) is 3. The number of para-hydroxylation sites is 2. The van der Waals surface area contributed by atoms with Crippen molar-refractivity contribution in [1.82, 2.24) is 9.55 Å². The fraction of sp³-hybridized carbons (Fsp3) is 0.348. The van der Waals surface area contributed by atoms with Gasteiger partial charge in [-0.3, -0.25) is 14.5 Å². The fourth-order valence-corrected chi connectivity index (χ4v) is 4.12. The molecule has 0 saturated heterocycles. The van der Waals surface area contributed by atoms with Gasteiger partial charge in [0.2, 0.25) is 11.9 Å². The molecule has 2 heterocycles. The zero-order chi connectivity index (χ0) is 22.8. The summed E-state index contributed by atoms with van der Waals surface area (Å²) in [5, 5.41) is 10.1. The SMILES string of the molecule is CCOC(=O)[C@@H]1C(=O)N(CCOC)c2nc3ccccc3n2[C@@H]1c1ccc(O)c(OC)c1. The van der Waals surface area contributed by atoms with Crippen molar-refractivity contribution in [3.8, 4) is 11.5 Å². The first-order valence-corrected chi connectivity index (χ1v) is 10.3. The number of aromatic hydroxyl groups is 1. The highest BCUT2D eigenvalue weighted by Crippen LogP contribution is 2.42. The van der Waals surface area contributed by atoms with Crippen LogP contribution in [0, 0.1) is 5.92 Å². The number of rotatable bonds is 7. The number of hydrogen-bond acceptors (Lipinski definition) is 7. The van der Waals surface area contributed by atoms with E-state index in [-0.39, 0.29) is 31.3 Å². The summed E-state index contributed by atoms with van der Waals surface area (Å²) < 4.78 is 17.6. The van der Waals surface area contributed by atoms with Gasteiger partial charge in [0.1, 0.15) is 0 Å². The highest BCUT2D eigenvalue weighted by Gasteiger charge is 2.47. The van der Waals surface area contributed by atoms with E-state index in [1.807, 2.05) is 28.8 Å². The molecule has 9 nitrogen and oxygen atoms in total. The van der Waals surface area contributed by atoms with E-state index in [9.17, 15) is 14.7 Å². The summed E-state index contributed by atoms with van der Waals surface area (Å²) in [5.74, 6) is -1.56. The molecule has 168 valence electrons. The summed E-state index contributed by atoms with van der Waals surface area (Å²) in [6.45, 7) is 2.36. The second-order valence-corrected chi connectivity index (χ2v) is 7.36. The van der Waals surface area contributed by atoms with Gasteiger partial charge in [-0.1, -0.05) is 18.2 Å². The van der Waals surface area contributed by atoms with Crippen LogP contribution in [0.1, 0.15) is 18.5 Å². The Balaban J connectivity index is 1.99. The van der Waals surface area contributed by atoms with E-state index in [1.165, 1.54) is 18.1 Å². The first kappa shape index (κ1) is 21.6. The highest BCUT2D eigenvalue weighted by atomic mass is 16.5. The molecule has 2 aromatic carbocycles. The third-order valence-corrected chi connectivity index (χ3v) is 5.55. The number of esters is 1. The van der Waals surface area contributed by atoms with Gasteiger partial charge in [-0.2, -0.15) is 0 Å². The molecule has 32 heavy (non-hydrogen) atoms. The van der Waals surface area contributed by atoms with Gasteiger partial charge in [0.05, 0.1) is 43.9 Å². The number of carbonyl (C=O) groups is 2. The molecular weight excluding hydrogens is 414 g/mol. The summed E-state index contributed by atoms with van der Waals surface area (Å²) in [4.78, 5) is 32.9. The monoisotopic (exact) mass is 439 g/mol. The maximum absolute atomic E-state index is 13.6. The molecule has 4 rings (SSSR count). The molecule has 1 aromatic heterocycles. The quantitative estimate of drug-likeness (QED) is 0.446. The minimum absolute atomic E-state index is 0.0384. The van der Waals surface area contributed by atoms with Gasteiger partial charge in [-0.15, -0.1) is 0 Å². The Hall–Kier alpha value is -3.59. The number of aromatic nitrogens is 2. The number of methoxy groups -OCH3 is 2. The van der Waals surface area contributed by atoms with Crippen LogP contribution in [-0.2, 0) is 19.1 Å². The van der Waals surface area contributed by atoms with Crippen molar-refractivity contribution in [3.63, 3.8) is 0 Å². The molecule has 1 aliphatic heterocycles. The minimum atomic E-state index is -1.15. The lowest BCUT2D eigenvalue weighted by atomic mass is 9.89. The predicted octanol–water partition coefficient (Wildman–Crippen LogP) is 2.51. The summed E-state index contributed by atoms with van der Waals surface area (Å²) in [6.07, 6.45) is 0. The molecular formula is C23H25N3O6. The summed E-state index contributed by atoms with van der Waals surface area (Å²) >= 11 is 0. The number of imidazole rings is 1. The van der Waals surface area contributed by atoms with Crippen molar-refractivity contribution < 1.29 is 28.9 Å². The summed E-state index contributed by atoms with van der Waals surface area (Å²) in [6, 6.07) is 11.5. The second-order valence-electron chi connectivity index (χ2n) is 7.36. The molecule has 9 heteroatoms. The number of benzene rings is 2. The maximum Gasteiger partial charge on any atom is 0.321 e. The number of carbonyl (C=O) groups excluding carboxylic acids is 2. The lowest BCUT2D eigenvalue weighted by molar-refractivity contribution is -0.153. The number of anilines is 1. The first-order valence-electron chi connectivity index (χ1n) is 10.3. The lowest BCUT2D eigenvalue weighted by Gasteiger charge is -2.37. The molecule has 0 radical (unpaired) electrons. The molecule has 0 bridgehead atoms. The molecule has 0 fully saturated rings. The smallest absolute Gasteiger partial charge is 0.321 e. The zero-order valence-corrected chi connectivity index (χ0v) is 18.1. The molecule has 1 aliphatic rings. The topological polar surface area (TPSA) is 103 Å². The molecule has 0 spiro atoms. The standard InChI is InChI=1S/C23H25N3O6/c1-4-32-22(29)19-20(14-9-10-17(27)18(13-14)31-3)26-16-8-6-5-7-15(16)24-23(26)25(21(19)28)11-12-30-2/h5-10,13,19-20,27H,4,11-12H2,1-3H3/t19-,20+/m0/s1. The molecule has 3 aromatic rings. The number of amides is 1.